The number of ether oxygens (including phenoxy) is 3. The molecular formula is C71H90O8. The fourth-order valence-corrected chi connectivity index (χ4v) is 11.4. The van der Waals surface area contributed by atoms with Crippen LogP contribution in [0, 0.1) is 27.7 Å². The Bertz CT molecular complexity index is 3080. The Hall–Kier alpha value is -6.74. The summed E-state index contributed by atoms with van der Waals surface area (Å²) in [6.07, 6.45) is 14.8. The molecule has 0 saturated heterocycles. The lowest BCUT2D eigenvalue weighted by Crippen LogP contribution is -2.26. The van der Waals surface area contributed by atoms with Crippen LogP contribution >= 0.6 is 0 Å². The molecule has 0 atom stereocenters. The molecule has 0 amide bonds. The van der Waals surface area contributed by atoms with Crippen LogP contribution in [0.3, 0.4) is 0 Å². The molecule has 0 aliphatic carbocycles. The van der Waals surface area contributed by atoms with Crippen molar-refractivity contribution in [1.82, 2.24) is 0 Å². The third-order valence-electron chi connectivity index (χ3n) is 17.3. The smallest absolute Gasteiger partial charge is 0.310 e. The Morgan fingerprint density at radius 3 is 1.08 bits per heavy atom. The van der Waals surface area contributed by atoms with Gasteiger partial charge in [-0.25, -0.2) is 0 Å². The molecule has 6 rings (SSSR count). The summed E-state index contributed by atoms with van der Waals surface area (Å²) in [5.41, 5.74) is 16.2. The van der Waals surface area contributed by atoms with Gasteiger partial charge < -0.3 is 29.5 Å². The van der Waals surface area contributed by atoms with Crippen LogP contribution in [0.5, 0.6) is 11.5 Å². The number of aryl methyl sites for hydroxylation is 4. The molecule has 0 heterocycles. The number of rotatable bonds is 24. The Morgan fingerprint density at radius 2 is 0.785 bits per heavy atom. The van der Waals surface area contributed by atoms with E-state index in [1.54, 1.807) is 14.2 Å². The van der Waals surface area contributed by atoms with Crippen LogP contribution in [0.2, 0.25) is 0 Å². The fraction of sp³-hybridized carbons (Fsp3) is 0.408. The zero-order valence-electron chi connectivity index (χ0n) is 50.2. The molecular weight excluding hydrogens is 981 g/mol. The average Bonchev–Trinajstić information content (AvgIpc) is 3.47. The van der Waals surface area contributed by atoms with Crippen molar-refractivity contribution in [2.75, 3.05) is 21.3 Å². The van der Waals surface area contributed by atoms with Gasteiger partial charge in [0.1, 0.15) is 11.5 Å². The van der Waals surface area contributed by atoms with Gasteiger partial charge in [-0.2, -0.15) is 0 Å². The molecule has 8 nitrogen and oxygen atoms in total. The molecule has 422 valence electrons. The third-order valence-corrected chi connectivity index (χ3v) is 17.3. The number of carboxylic acid groups (broad SMARTS) is 1. The minimum absolute atomic E-state index is 0.0797. The van der Waals surface area contributed by atoms with E-state index >= 15 is 0 Å². The Labute approximate surface area is 473 Å². The highest BCUT2D eigenvalue weighted by Gasteiger charge is 2.33. The summed E-state index contributed by atoms with van der Waals surface area (Å²) < 4.78 is 15.8. The normalized spacial score (nSPS) is 12.2. The number of aliphatic hydroxyl groups is 2. The first kappa shape index (κ1) is 63.1. The van der Waals surface area contributed by atoms with Gasteiger partial charge in [0.05, 0.1) is 45.4 Å². The molecule has 79 heavy (non-hydrogen) atoms. The minimum atomic E-state index is -0.878. The molecule has 0 aliphatic rings. The van der Waals surface area contributed by atoms with Crippen molar-refractivity contribution in [3.63, 3.8) is 0 Å². The number of carbonyl (C=O) groups is 2. The SMILES string of the molecule is CCC(O)(/C=C/c1ccc(C(CC)(CC)c2ccc(-c3ccc(OC)c(CC(=O)O)c3)c(C)c2)cc1C)CC.CCC(O)(/C=C/c1ccc(C(CC)(CC)c2ccc(-c3ccc(OC)c(CC(=O)OC)c3)c(C)c2)cc1C)CC. The Kier molecular flexibility index (Phi) is 22.3. The summed E-state index contributed by atoms with van der Waals surface area (Å²) >= 11 is 0. The molecule has 0 aromatic heterocycles. The maximum atomic E-state index is 12.0. The van der Waals surface area contributed by atoms with Gasteiger partial charge >= 0.3 is 11.9 Å². The van der Waals surface area contributed by atoms with E-state index in [-0.39, 0.29) is 29.6 Å². The maximum Gasteiger partial charge on any atom is 0.310 e. The van der Waals surface area contributed by atoms with Crippen molar-refractivity contribution in [2.24, 2.45) is 0 Å². The third kappa shape index (κ3) is 14.6. The van der Waals surface area contributed by atoms with E-state index in [2.05, 4.69) is 140 Å². The first-order valence-electron chi connectivity index (χ1n) is 28.6. The number of hydrogen-bond donors (Lipinski definition) is 3. The van der Waals surface area contributed by atoms with E-state index in [1.807, 2.05) is 76.2 Å². The second-order valence-corrected chi connectivity index (χ2v) is 21.4. The van der Waals surface area contributed by atoms with Crippen LogP contribution in [-0.4, -0.2) is 59.8 Å². The number of esters is 1. The average molecular weight is 1070 g/mol. The number of carboxylic acids is 1. The van der Waals surface area contributed by atoms with Crippen LogP contribution in [0.15, 0.2) is 121 Å². The molecule has 0 saturated carbocycles. The van der Waals surface area contributed by atoms with E-state index in [0.717, 1.165) is 70.2 Å². The van der Waals surface area contributed by atoms with Gasteiger partial charge in [0.25, 0.3) is 0 Å². The minimum Gasteiger partial charge on any atom is -0.496 e. The quantitative estimate of drug-likeness (QED) is 0.0512. The number of aliphatic carboxylic acids is 1. The number of carbonyl (C=O) groups excluding carboxylic acids is 1. The lowest BCUT2D eigenvalue weighted by molar-refractivity contribution is -0.140. The first-order valence-corrected chi connectivity index (χ1v) is 28.6. The van der Waals surface area contributed by atoms with Gasteiger partial charge in [-0.05, 0) is 181 Å². The molecule has 3 N–H and O–H groups in total. The first-order chi connectivity index (χ1) is 37.6. The molecule has 0 radical (unpaired) electrons. The van der Waals surface area contributed by atoms with Gasteiger partial charge in [0.2, 0.25) is 0 Å². The van der Waals surface area contributed by atoms with Gasteiger partial charge in [-0.1, -0.05) is 165 Å². The van der Waals surface area contributed by atoms with Crippen LogP contribution in [-0.2, 0) is 38.0 Å². The summed E-state index contributed by atoms with van der Waals surface area (Å²) in [5.74, 6) is 0.106. The van der Waals surface area contributed by atoms with Crippen molar-refractivity contribution < 1.29 is 39.1 Å². The largest absolute Gasteiger partial charge is 0.496 e. The summed E-state index contributed by atoms with van der Waals surface area (Å²) in [6.45, 7) is 25.7. The van der Waals surface area contributed by atoms with Crippen molar-refractivity contribution in [3.8, 4) is 33.8 Å². The summed E-state index contributed by atoms with van der Waals surface area (Å²) in [6, 6.07) is 38.7. The highest BCUT2D eigenvalue weighted by molar-refractivity contribution is 5.77. The fourth-order valence-electron chi connectivity index (χ4n) is 11.4. The molecule has 0 bridgehead atoms. The van der Waals surface area contributed by atoms with Gasteiger partial charge in [0.15, 0.2) is 0 Å². The van der Waals surface area contributed by atoms with E-state index in [4.69, 9.17) is 14.2 Å². The van der Waals surface area contributed by atoms with Gasteiger partial charge in [-0.15, -0.1) is 0 Å². The van der Waals surface area contributed by atoms with E-state index < -0.39 is 17.2 Å². The predicted molar refractivity (Wildman–Crippen MR) is 328 cm³/mol. The standard InChI is InChI=1S/C36H46O4.C35H44O4/c1-9-35(38,10-2)20-19-27-13-15-30(21-25(27)5)36(11-3,12-4)31-16-17-32(26(6)22-31)28-14-18-33(39-7)29(23-28)24-34(37)40-8;1-8-34(38,9-2)19-18-26-12-14-29(20-24(26)5)35(10-3,11-4)30-15-16-31(25(6)21-30)27-13-17-32(39-7)28(22-27)23-33(36)37/h13-23,38H,9-12,24H2,1-8H3;12-22,38H,8-11,23H2,1-7H3,(H,36,37)/b20-19+;19-18+. The molecule has 0 unspecified atom stereocenters. The summed E-state index contributed by atoms with van der Waals surface area (Å²) in [7, 11) is 4.58. The molecule has 8 heteroatoms. The monoisotopic (exact) mass is 1070 g/mol. The predicted octanol–water partition coefficient (Wildman–Crippen LogP) is 16.6. The number of benzene rings is 6. The number of hydrogen-bond acceptors (Lipinski definition) is 7. The second kappa shape index (κ2) is 27.9. The van der Waals surface area contributed by atoms with Gasteiger partial charge in [-0.3, -0.25) is 9.59 Å². The second-order valence-electron chi connectivity index (χ2n) is 21.4. The Morgan fingerprint density at radius 1 is 0.443 bits per heavy atom. The zero-order chi connectivity index (χ0) is 58.3. The van der Waals surface area contributed by atoms with E-state index in [1.165, 1.54) is 46.1 Å². The maximum absolute atomic E-state index is 12.0. The number of methoxy groups -OCH3 is 3. The molecule has 0 aliphatic heterocycles. The lowest BCUT2D eigenvalue weighted by Gasteiger charge is -2.34. The van der Waals surface area contributed by atoms with Crippen LogP contribution < -0.4 is 9.47 Å². The molecule has 6 aromatic rings. The van der Waals surface area contributed by atoms with Crippen molar-refractivity contribution in [2.45, 2.75) is 169 Å². The highest BCUT2D eigenvalue weighted by Crippen LogP contribution is 2.44. The lowest BCUT2D eigenvalue weighted by atomic mass is 9.69. The van der Waals surface area contributed by atoms with Crippen molar-refractivity contribution >= 4 is 24.1 Å². The Balaban J connectivity index is 0.000000291. The summed E-state index contributed by atoms with van der Waals surface area (Å²) in [4.78, 5) is 23.4. The topological polar surface area (TPSA) is 123 Å². The van der Waals surface area contributed by atoms with E-state index in [9.17, 15) is 24.9 Å². The van der Waals surface area contributed by atoms with Crippen molar-refractivity contribution in [1.29, 1.82) is 0 Å². The highest BCUT2D eigenvalue weighted by atomic mass is 16.5. The van der Waals surface area contributed by atoms with Crippen molar-refractivity contribution in [3.05, 3.63) is 188 Å². The van der Waals surface area contributed by atoms with E-state index in [0.29, 0.717) is 42.7 Å². The van der Waals surface area contributed by atoms with Crippen LogP contribution in [0.25, 0.3) is 34.4 Å². The van der Waals surface area contributed by atoms with Gasteiger partial charge in [0, 0.05) is 22.0 Å². The van der Waals surface area contributed by atoms with Crippen LogP contribution in [0.4, 0.5) is 0 Å². The summed E-state index contributed by atoms with van der Waals surface area (Å²) in [5, 5.41) is 30.7. The molecule has 0 fully saturated rings. The zero-order valence-corrected chi connectivity index (χ0v) is 50.2. The van der Waals surface area contributed by atoms with Crippen LogP contribution in [0.1, 0.15) is 174 Å². The molecule has 6 aromatic carbocycles. The molecule has 0 spiro atoms.